The van der Waals surface area contributed by atoms with Crippen LogP contribution in [0.4, 0.5) is 5.69 Å². The van der Waals surface area contributed by atoms with Crippen molar-refractivity contribution in [3.8, 4) is 5.75 Å². The lowest BCUT2D eigenvalue weighted by Crippen LogP contribution is -2.05. The fraction of sp³-hybridized carbons (Fsp3) is 0.0714. The van der Waals surface area contributed by atoms with Gasteiger partial charge < -0.3 is 9.84 Å². The number of rotatable bonds is 5. The molecular weight excluding hydrogens is 262 g/mol. The summed E-state index contributed by atoms with van der Waals surface area (Å²) in [5.74, 6) is -0.720. The zero-order valence-corrected chi connectivity index (χ0v) is 10.4. The van der Waals surface area contributed by atoms with Crippen LogP contribution in [0.5, 0.6) is 5.75 Å². The van der Waals surface area contributed by atoms with Gasteiger partial charge in [-0.1, -0.05) is 24.3 Å². The van der Waals surface area contributed by atoms with E-state index in [0.717, 1.165) is 0 Å². The Bertz CT molecular complexity index is 654. The Balaban J connectivity index is 2.15. The molecule has 20 heavy (non-hydrogen) atoms. The molecule has 0 bridgehead atoms. The van der Waals surface area contributed by atoms with Crippen molar-refractivity contribution in [2.75, 3.05) is 0 Å². The third kappa shape index (κ3) is 3.11. The Morgan fingerprint density at radius 3 is 2.65 bits per heavy atom. The molecule has 0 unspecified atom stereocenters. The van der Waals surface area contributed by atoms with Gasteiger partial charge in [-0.2, -0.15) is 0 Å². The molecule has 0 fully saturated rings. The second kappa shape index (κ2) is 5.83. The largest absolute Gasteiger partial charge is 0.489 e. The average Bonchev–Trinajstić information content (AvgIpc) is 2.45. The molecule has 6 heteroatoms. The van der Waals surface area contributed by atoms with E-state index in [0.29, 0.717) is 11.3 Å². The van der Waals surface area contributed by atoms with Crippen molar-refractivity contribution in [3.63, 3.8) is 0 Å². The maximum absolute atomic E-state index is 11.0. The highest BCUT2D eigenvalue weighted by Crippen LogP contribution is 2.20. The summed E-state index contributed by atoms with van der Waals surface area (Å²) in [5, 5.41) is 19.7. The van der Waals surface area contributed by atoms with Gasteiger partial charge in [-0.05, 0) is 12.1 Å². The predicted molar refractivity (Wildman–Crippen MR) is 70.8 cm³/mol. The summed E-state index contributed by atoms with van der Waals surface area (Å²) in [6.45, 7) is 0.0314. The zero-order chi connectivity index (χ0) is 14.5. The van der Waals surface area contributed by atoms with Gasteiger partial charge in [0.25, 0.3) is 5.69 Å². The number of carbonyl (C=O) groups is 1. The molecule has 2 aromatic carbocycles. The summed E-state index contributed by atoms with van der Waals surface area (Å²) in [4.78, 5) is 21.2. The van der Waals surface area contributed by atoms with E-state index >= 15 is 0 Å². The molecule has 0 aliphatic heterocycles. The molecule has 0 radical (unpaired) electrons. The fourth-order valence-corrected chi connectivity index (χ4v) is 1.70. The van der Waals surface area contributed by atoms with Crippen LogP contribution in [-0.2, 0) is 6.61 Å². The Morgan fingerprint density at radius 1 is 1.20 bits per heavy atom. The minimum Gasteiger partial charge on any atom is -0.489 e. The molecule has 102 valence electrons. The van der Waals surface area contributed by atoms with Crippen molar-refractivity contribution >= 4 is 11.7 Å². The van der Waals surface area contributed by atoms with Crippen LogP contribution in [0.25, 0.3) is 0 Å². The number of aromatic carboxylic acids is 1. The molecule has 0 spiro atoms. The number of benzene rings is 2. The number of hydrogen-bond donors (Lipinski definition) is 1. The number of carboxylic acid groups (broad SMARTS) is 1. The SMILES string of the molecule is O=C(O)c1ccccc1COc1cccc([N+](=O)[O-])c1. The Hall–Kier alpha value is -2.89. The van der Waals surface area contributed by atoms with Gasteiger partial charge in [0.15, 0.2) is 0 Å². The minimum absolute atomic E-state index is 0.0314. The molecular formula is C14H11NO5. The molecule has 0 atom stereocenters. The van der Waals surface area contributed by atoms with Crippen molar-refractivity contribution in [1.82, 2.24) is 0 Å². The summed E-state index contributed by atoms with van der Waals surface area (Å²) in [7, 11) is 0. The molecule has 2 rings (SSSR count). The first-order valence-electron chi connectivity index (χ1n) is 5.76. The molecule has 0 saturated carbocycles. The summed E-state index contributed by atoms with van der Waals surface area (Å²) >= 11 is 0. The fourth-order valence-electron chi connectivity index (χ4n) is 1.70. The Kier molecular flexibility index (Phi) is 3.95. The third-order valence-electron chi connectivity index (χ3n) is 2.67. The lowest BCUT2D eigenvalue weighted by molar-refractivity contribution is -0.384. The van der Waals surface area contributed by atoms with Gasteiger partial charge in [-0.25, -0.2) is 4.79 Å². The number of nitro benzene ring substituents is 1. The van der Waals surface area contributed by atoms with Gasteiger partial charge in [0.2, 0.25) is 0 Å². The smallest absolute Gasteiger partial charge is 0.336 e. The molecule has 0 amide bonds. The Morgan fingerprint density at radius 2 is 1.95 bits per heavy atom. The van der Waals surface area contributed by atoms with Crippen molar-refractivity contribution in [3.05, 3.63) is 69.8 Å². The normalized spacial score (nSPS) is 10.0. The van der Waals surface area contributed by atoms with Crippen LogP contribution in [0.1, 0.15) is 15.9 Å². The van der Waals surface area contributed by atoms with E-state index in [1.807, 2.05) is 0 Å². The first kappa shape index (κ1) is 13.5. The first-order valence-corrected chi connectivity index (χ1v) is 5.76. The predicted octanol–water partition coefficient (Wildman–Crippen LogP) is 2.87. The molecule has 0 aliphatic rings. The van der Waals surface area contributed by atoms with E-state index in [4.69, 9.17) is 9.84 Å². The standard InChI is InChI=1S/C14H11NO5/c16-14(17)13-7-2-1-4-10(13)9-20-12-6-3-5-11(8-12)15(18)19/h1-8H,9H2,(H,16,17). The number of carboxylic acids is 1. The van der Waals surface area contributed by atoms with Gasteiger partial charge in [-0.3, -0.25) is 10.1 Å². The van der Waals surface area contributed by atoms with Crippen molar-refractivity contribution in [1.29, 1.82) is 0 Å². The molecule has 2 aromatic rings. The maximum atomic E-state index is 11.0. The number of hydrogen-bond acceptors (Lipinski definition) is 4. The van der Waals surface area contributed by atoms with E-state index in [-0.39, 0.29) is 17.9 Å². The van der Waals surface area contributed by atoms with Gasteiger partial charge in [0.05, 0.1) is 16.6 Å². The Labute approximate surface area is 114 Å². The van der Waals surface area contributed by atoms with Crippen LogP contribution < -0.4 is 4.74 Å². The molecule has 0 saturated heterocycles. The lowest BCUT2D eigenvalue weighted by Gasteiger charge is -2.08. The quantitative estimate of drug-likeness (QED) is 0.668. The summed E-state index contributed by atoms with van der Waals surface area (Å²) in [6, 6.07) is 12.2. The van der Waals surface area contributed by atoms with Crippen LogP contribution in [0, 0.1) is 10.1 Å². The van der Waals surface area contributed by atoms with E-state index < -0.39 is 10.9 Å². The van der Waals surface area contributed by atoms with Gasteiger partial charge in [-0.15, -0.1) is 0 Å². The third-order valence-corrected chi connectivity index (χ3v) is 2.67. The molecule has 1 N–H and O–H groups in total. The highest BCUT2D eigenvalue weighted by Gasteiger charge is 2.10. The molecule has 0 aliphatic carbocycles. The monoisotopic (exact) mass is 273 g/mol. The van der Waals surface area contributed by atoms with Gasteiger partial charge in [0.1, 0.15) is 12.4 Å². The van der Waals surface area contributed by atoms with Crippen LogP contribution >= 0.6 is 0 Å². The number of non-ortho nitro benzene ring substituents is 1. The highest BCUT2D eigenvalue weighted by atomic mass is 16.6. The van der Waals surface area contributed by atoms with E-state index in [2.05, 4.69) is 0 Å². The van der Waals surface area contributed by atoms with Crippen molar-refractivity contribution < 1.29 is 19.6 Å². The van der Waals surface area contributed by atoms with Gasteiger partial charge >= 0.3 is 5.97 Å². The van der Waals surface area contributed by atoms with Crippen LogP contribution in [-0.4, -0.2) is 16.0 Å². The first-order chi connectivity index (χ1) is 9.58. The molecule has 0 heterocycles. The number of nitro groups is 1. The van der Waals surface area contributed by atoms with Crippen LogP contribution in [0.3, 0.4) is 0 Å². The van der Waals surface area contributed by atoms with Crippen molar-refractivity contribution in [2.45, 2.75) is 6.61 Å². The molecule has 6 nitrogen and oxygen atoms in total. The minimum atomic E-state index is -1.04. The summed E-state index contributed by atoms with van der Waals surface area (Å²) in [5.41, 5.74) is 0.582. The number of nitrogens with zero attached hydrogens (tertiary/aromatic N) is 1. The van der Waals surface area contributed by atoms with Gasteiger partial charge in [0, 0.05) is 11.6 Å². The topological polar surface area (TPSA) is 89.7 Å². The second-order valence-electron chi connectivity index (χ2n) is 4.01. The van der Waals surface area contributed by atoms with E-state index in [1.54, 1.807) is 24.3 Å². The van der Waals surface area contributed by atoms with E-state index in [9.17, 15) is 14.9 Å². The summed E-state index contributed by atoms with van der Waals surface area (Å²) in [6.07, 6.45) is 0. The average molecular weight is 273 g/mol. The summed E-state index contributed by atoms with van der Waals surface area (Å²) < 4.78 is 5.41. The van der Waals surface area contributed by atoms with E-state index in [1.165, 1.54) is 24.3 Å². The second-order valence-corrected chi connectivity index (χ2v) is 4.01. The maximum Gasteiger partial charge on any atom is 0.336 e. The highest BCUT2D eigenvalue weighted by molar-refractivity contribution is 5.89. The van der Waals surface area contributed by atoms with Crippen molar-refractivity contribution in [2.24, 2.45) is 0 Å². The number of ether oxygens (including phenoxy) is 1. The zero-order valence-electron chi connectivity index (χ0n) is 10.4. The van der Waals surface area contributed by atoms with Crippen LogP contribution in [0.15, 0.2) is 48.5 Å². The lowest BCUT2D eigenvalue weighted by atomic mass is 10.1. The molecule has 0 aromatic heterocycles. The van der Waals surface area contributed by atoms with Crippen LogP contribution in [0.2, 0.25) is 0 Å².